The normalized spacial score (nSPS) is 10.4. The second-order valence-electron chi connectivity index (χ2n) is 6.59. The number of nitrogens with one attached hydrogen (secondary N) is 2. The molecule has 0 saturated carbocycles. The molecule has 31 heavy (non-hydrogen) atoms. The number of rotatable bonds is 7. The van der Waals surface area contributed by atoms with Gasteiger partial charge in [0, 0.05) is 39.0 Å². The van der Waals surface area contributed by atoms with Crippen LogP contribution in [0.2, 0.25) is 5.02 Å². The van der Waals surface area contributed by atoms with E-state index in [2.05, 4.69) is 10.6 Å². The van der Waals surface area contributed by atoms with Gasteiger partial charge in [-0.15, -0.1) is 11.8 Å². The molecule has 0 aliphatic carbocycles. The SMILES string of the molecule is Cc1ccc(NC(=O)CSc2cccc(NC(=O)c3cccc([N+](=O)[O-])c3)c2)cc1Cl. The molecule has 0 spiro atoms. The van der Waals surface area contributed by atoms with Gasteiger partial charge in [0.25, 0.3) is 11.6 Å². The van der Waals surface area contributed by atoms with Gasteiger partial charge in [-0.05, 0) is 48.9 Å². The summed E-state index contributed by atoms with van der Waals surface area (Å²) in [5, 5.41) is 17.0. The van der Waals surface area contributed by atoms with Crippen molar-refractivity contribution in [2.75, 3.05) is 16.4 Å². The third-order valence-electron chi connectivity index (χ3n) is 4.24. The first-order valence-electron chi connectivity index (χ1n) is 9.16. The predicted octanol–water partition coefficient (Wildman–Crippen LogP) is 5.54. The largest absolute Gasteiger partial charge is 0.325 e. The molecule has 0 atom stereocenters. The molecule has 3 aromatic rings. The highest BCUT2D eigenvalue weighted by molar-refractivity contribution is 8.00. The average molecular weight is 456 g/mol. The number of carbonyl (C=O) groups excluding carboxylic acids is 2. The zero-order chi connectivity index (χ0) is 22.4. The van der Waals surface area contributed by atoms with E-state index in [-0.39, 0.29) is 22.9 Å². The molecule has 0 fully saturated rings. The molecule has 0 saturated heterocycles. The van der Waals surface area contributed by atoms with E-state index in [1.54, 1.807) is 30.3 Å². The number of amides is 2. The first-order chi connectivity index (χ1) is 14.8. The van der Waals surface area contributed by atoms with Crippen molar-refractivity contribution in [2.24, 2.45) is 0 Å². The van der Waals surface area contributed by atoms with Gasteiger partial charge in [0.15, 0.2) is 0 Å². The molecule has 0 radical (unpaired) electrons. The van der Waals surface area contributed by atoms with Crippen molar-refractivity contribution in [3.8, 4) is 0 Å². The van der Waals surface area contributed by atoms with E-state index in [0.29, 0.717) is 16.4 Å². The second-order valence-corrected chi connectivity index (χ2v) is 8.05. The van der Waals surface area contributed by atoms with Gasteiger partial charge in [-0.2, -0.15) is 0 Å². The highest BCUT2D eigenvalue weighted by Crippen LogP contribution is 2.24. The number of nitrogens with zero attached hydrogens (tertiary/aromatic N) is 1. The molecule has 3 rings (SSSR count). The molecule has 158 valence electrons. The van der Waals surface area contributed by atoms with E-state index in [1.165, 1.54) is 36.0 Å². The Bertz CT molecular complexity index is 1150. The third kappa shape index (κ3) is 6.31. The van der Waals surface area contributed by atoms with E-state index >= 15 is 0 Å². The van der Waals surface area contributed by atoms with Crippen LogP contribution in [0.15, 0.2) is 71.6 Å². The molecule has 0 aliphatic heterocycles. The first kappa shape index (κ1) is 22.3. The maximum absolute atomic E-state index is 12.4. The van der Waals surface area contributed by atoms with Crippen LogP contribution in [0, 0.1) is 17.0 Å². The lowest BCUT2D eigenvalue weighted by molar-refractivity contribution is -0.384. The van der Waals surface area contributed by atoms with Crippen LogP contribution in [0.1, 0.15) is 15.9 Å². The quantitative estimate of drug-likeness (QED) is 0.276. The highest BCUT2D eigenvalue weighted by Gasteiger charge is 2.12. The van der Waals surface area contributed by atoms with Crippen LogP contribution >= 0.6 is 23.4 Å². The molecule has 0 aromatic heterocycles. The standard InChI is InChI=1S/C22H18ClN3O4S/c1-14-8-9-17(12-20(14)23)24-21(27)13-31-19-7-3-5-16(11-19)25-22(28)15-4-2-6-18(10-15)26(29)30/h2-12H,13H2,1H3,(H,24,27)(H,25,28). The van der Waals surface area contributed by atoms with Gasteiger partial charge < -0.3 is 10.6 Å². The van der Waals surface area contributed by atoms with Crippen molar-refractivity contribution in [3.05, 3.63) is 93.0 Å². The van der Waals surface area contributed by atoms with Gasteiger partial charge in [-0.25, -0.2) is 0 Å². The number of halogens is 1. The topological polar surface area (TPSA) is 101 Å². The number of carbonyl (C=O) groups is 2. The molecule has 7 nitrogen and oxygen atoms in total. The number of aryl methyl sites for hydroxylation is 1. The van der Waals surface area contributed by atoms with Crippen LogP contribution < -0.4 is 10.6 Å². The Morgan fingerprint density at radius 2 is 1.74 bits per heavy atom. The minimum Gasteiger partial charge on any atom is -0.325 e. The highest BCUT2D eigenvalue weighted by atomic mass is 35.5. The smallest absolute Gasteiger partial charge is 0.270 e. The zero-order valence-electron chi connectivity index (χ0n) is 16.4. The Hall–Kier alpha value is -3.36. The summed E-state index contributed by atoms with van der Waals surface area (Å²) in [7, 11) is 0. The summed E-state index contributed by atoms with van der Waals surface area (Å²) < 4.78 is 0. The van der Waals surface area contributed by atoms with Gasteiger partial charge in [0.05, 0.1) is 10.7 Å². The summed E-state index contributed by atoms with van der Waals surface area (Å²) in [5.41, 5.74) is 2.10. The van der Waals surface area contributed by atoms with Crippen LogP contribution in [0.4, 0.5) is 17.1 Å². The minimum absolute atomic E-state index is 0.155. The Labute approximate surface area is 188 Å². The van der Waals surface area contributed by atoms with Crippen LogP contribution in [0.5, 0.6) is 0 Å². The Morgan fingerprint density at radius 1 is 1.00 bits per heavy atom. The lowest BCUT2D eigenvalue weighted by Gasteiger charge is -2.09. The van der Waals surface area contributed by atoms with E-state index < -0.39 is 10.8 Å². The molecule has 9 heteroatoms. The number of anilines is 2. The number of thioether (sulfide) groups is 1. The molecular formula is C22H18ClN3O4S. The summed E-state index contributed by atoms with van der Waals surface area (Å²) in [6.07, 6.45) is 0. The second kappa shape index (κ2) is 10.1. The van der Waals surface area contributed by atoms with Gasteiger partial charge in [0.2, 0.25) is 5.91 Å². The molecule has 0 aliphatic rings. The predicted molar refractivity (Wildman–Crippen MR) is 123 cm³/mol. The molecular weight excluding hydrogens is 438 g/mol. The lowest BCUT2D eigenvalue weighted by atomic mass is 10.2. The molecule has 0 unspecified atom stereocenters. The Balaban J connectivity index is 1.59. The van der Waals surface area contributed by atoms with E-state index in [9.17, 15) is 19.7 Å². The number of nitro benzene ring substituents is 1. The lowest BCUT2D eigenvalue weighted by Crippen LogP contribution is -2.14. The maximum atomic E-state index is 12.4. The third-order valence-corrected chi connectivity index (χ3v) is 5.64. The van der Waals surface area contributed by atoms with Crippen molar-refractivity contribution in [1.82, 2.24) is 0 Å². The fourth-order valence-electron chi connectivity index (χ4n) is 2.64. The van der Waals surface area contributed by atoms with E-state index in [1.807, 2.05) is 19.1 Å². The van der Waals surface area contributed by atoms with Crippen LogP contribution in [0.3, 0.4) is 0 Å². The molecule has 2 amide bonds. The van der Waals surface area contributed by atoms with Crippen LogP contribution in [-0.4, -0.2) is 22.5 Å². The van der Waals surface area contributed by atoms with Crippen molar-refractivity contribution in [3.63, 3.8) is 0 Å². The number of hydrogen-bond donors (Lipinski definition) is 2. The summed E-state index contributed by atoms with van der Waals surface area (Å²) >= 11 is 7.39. The van der Waals surface area contributed by atoms with Crippen LogP contribution in [-0.2, 0) is 4.79 Å². The van der Waals surface area contributed by atoms with Crippen molar-refractivity contribution < 1.29 is 14.5 Å². The molecule has 2 N–H and O–H groups in total. The van der Waals surface area contributed by atoms with E-state index in [0.717, 1.165) is 10.5 Å². The van der Waals surface area contributed by atoms with E-state index in [4.69, 9.17) is 11.6 Å². The van der Waals surface area contributed by atoms with Gasteiger partial charge >= 0.3 is 0 Å². The van der Waals surface area contributed by atoms with Gasteiger partial charge in [0.1, 0.15) is 0 Å². The molecule has 3 aromatic carbocycles. The summed E-state index contributed by atoms with van der Waals surface area (Å²) in [5.74, 6) is -0.468. The van der Waals surface area contributed by atoms with Crippen molar-refractivity contribution in [2.45, 2.75) is 11.8 Å². The number of nitro groups is 1. The van der Waals surface area contributed by atoms with Crippen molar-refractivity contribution in [1.29, 1.82) is 0 Å². The van der Waals surface area contributed by atoms with Gasteiger partial charge in [-0.1, -0.05) is 29.8 Å². The number of non-ortho nitro benzene ring substituents is 1. The Kier molecular flexibility index (Phi) is 7.28. The van der Waals surface area contributed by atoms with Crippen LogP contribution in [0.25, 0.3) is 0 Å². The molecule has 0 heterocycles. The first-order valence-corrected chi connectivity index (χ1v) is 10.5. The van der Waals surface area contributed by atoms with Crippen molar-refractivity contribution >= 4 is 52.2 Å². The Morgan fingerprint density at radius 3 is 2.48 bits per heavy atom. The van der Waals surface area contributed by atoms with Gasteiger partial charge in [-0.3, -0.25) is 19.7 Å². The number of benzene rings is 3. The number of hydrogen-bond acceptors (Lipinski definition) is 5. The summed E-state index contributed by atoms with van der Waals surface area (Å²) in [6, 6.07) is 17.8. The zero-order valence-corrected chi connectivity index (χ0v) is 18.0. The molecule has 0 bridgehead atoms. The minimum atomic E-state index is -0.552. The fraction of sp³-hybridized carbons (Fsp3) is 0.0909. The fourth-order valence-corrected chi connectivity index (χ4v) is 3.58. The maximum Gasteiger partial charge on any atom is 0.270 e. The monoisotopic (exact) mass is 455 g/mol. The summed E-state index contributed by atoms with van der Waals surface area (Å²) in [4.78, 5) is 35.7. The summed E-state index contributed by atoms with van der Waals surface area (Å²) in [6.45, 7) is 1.88. The average Bonchev–Trinajstić information content (AvgIpc) is 2.75.